The van der Waals surface area contributed by atoms with Crippen molar-refractivity contribution in [3.63, 3.8) is 0 Å². The number of halogens is 3. The Morgan fingerprint density at radius 1 is 1.36 bits per heavy atom. The van der Waals surface area contributed by atoms with Crippen molar-refractivity contribution in [1.82, 2.24) is 5.32 Å². The van der Waals surface area contributed by atoms with E-state index in [0.717, 1.165) is 25.8 Å². The fourth-order valence-corrected chi connectivity index (χ4v) is 3.70. The molecule has 1 saturated heterocycles. The third-order valence-corrected chi connectivity index (χ3v) is 4.89. The van der Waals surface area contributed by atoms with Gasteiger partial charge in [-0.1, -0.05) is 25.0 Å². The van der Waals surface area contributed by atoms with Crippen LogP contribution in [0.2, 0.25) is 0 Å². The minimum absolute atomic E-state index is 0. The normalized spacial score (nSPS) is 27.1. The summed E-state index contributed by atoms with van der Waals surface area (Å²) in [6, 6.07) is 5.96. The number of hydrogen-bond acceptors (Lipinski definition) is 2. The van der Waals surface area contributed by atoms with Gasteiger partial charge in [0.2, 0.25) is 5.91 Å². The first-order valence-electron chi connectivity index (χ1n) is 7.52. The van der Waals surface area contributed by atoms with Crippen LogP contribution in [0.4, 0.5) is 14.5 Å². The molecule has 0 radical (unpaired) electrons. The molecule has 1 saturated carbocycles. The maximum atomic E-state index is 12.7. The number of fused-ring (bicyclic) bond motifs is 1. The molecule has 2 aliphatic rings. The molecule has 0 unspecified atom stereocenters. The Morgan fingerprint density at radius 2 is 2.18 bits per heavy atom. The Bertz CT molecular complexity index is 541. The van der Waals surface area contributed by atoms with Gasteiger partial charge in [0, 0.05) is 17.8 Å². The second-order valence-electron chi connectivity index (χ2n) is 6.11. The summed E-state index contributed by atoms with van der Waals surface area (Å²) < 4.78 is 25.5. The van der Waals surface area contributed by atoms with Crippen LogP contribution in [-0.4, -0.2) is 19.0 Å². The number of carbonyl (C=O) groups excluding carboxylic acids is 1. The van der Waals surface area contributed by atoms with Crippen LogP contribution in [0.5, 0.6) is 0 Å². The van der Waals surface area contributed by atoms with Gasteiger partial charge in [-0.15, -0.1) is 12.4 Å². The molecule has 1 amide bonds. The topological polar surface area (TPSA) is 41.1 Å². The quantitative estimate of drug-likeness (QED) is 0.886. The Labute approximate surface area is 135 Å². The van der Waals surface area contributed by atoms with Gasteiger partial charge in [0.25, 0.3) is 6.43 Å². The van der Waals surface area contributed by atoms with Crippen LogP contribution < -0.4 is 10.6 Å². The molecule has 0 aromatic heterocycles. The summed E-state index contributed by atoms with van der Waals surface area (Å²) in [7, 11) is 0. The summed E-state index contributed by atoms with van der Waals surface area (Å²) >= 11 is 0. The van der Waals surface area contributed by atoms with E-state index in [2.05, 4.69) is 10.6 Å². The van der Waals surface area contributed by atoms with Gasteiger partial charge in [0.15, 0.2) is 0 Å². The van der Waals surface area contributed by atoms with E-state index >= 15 is 0 Å². The Morgan fingerprint density at radius 3 is 2.95 bits per heavy atom. The standard InChI is InChI=1S/C16H20F2N2O.ClH/c17-14(18)11-4-3-6-13(8-11)20-15(21)16-7-2-1-5-12(16)9-19-10-16;/h3-4,6,8,12,14,19H,1-2,5,7,9-10H2,(H,20,21);1H/t12-,16+;/m0./s1. The molecule has 1 aromatic rings. The number of hydrogen-bond donors (Lipinski definition) is 2. The van der Waals surface area contributed by atoms with Crippen molar-refractivity contribution in [2.45, 2.75) is 32.1 Å². The molecule has 0 bridgehead atoms. The second kappa shape index (κ2) is 6.92. The van der Waals surface area contributed by atoms with E-state index in [1.54, 1.807) is 12.1 Å². The average molecular weight is 331 g/mol. The van der Waals surface area contributed by atoms with Crippen molar-refractivity contribution in [3.8, 4) is 0 Å². The highest BCUT2D eigenvalue weighted by molar-refractivity contribution is 5.96. The van der Waals surface area contributed by atoms with Gasteiger partial charge in [-0.05, 0) is 37.4 Å². The van der Waals surface area contributed by atoms with Crippen LogP contribution in [0.1, 0.15) is 37.7 Å². The third-order valence-electron chi connectivity index (χ3n) is 4.89. The van der Waals surface area contributed by atoms with Gasteiger partial charge < -0.3 is 10.6 Å². The monoisotopic (exact) mass is 330 g/mol. The summed E-state index contributed by atoms with van der Waals surface area (Å²) in [5, 5.41) is 6.18. The van der Waals surface area contributed by atoms with Crippen LogP contribution in [-0.2, 0) is 4.79 Å². The molecule has 1 aliphatic carbocycles. The van der Waals surface area contributed by atoms with Crippen LogP contribution >= 0.6 is 12.4 Å². The molecule has 122 valence electrons. The highest BCUT2D eigenvalue weighted by Gasteiger charge is 2.49. The molecule has 3 rings (SSSR count). The predicted octanol–water partition coefficient (Wildman–Crippen LogP) is 3.76. The van der Waals surface area contributed by atoms with E-state index < -0.39 is 6.43 Å². The van der Waals surface area contributed by atoms with Crippen LogP contribution in [0.15, 0.2) is 24.3 Å². The molecular formula is C16H21ClF2N2O. The summed E-state index contributed by atoms with van der Waals surface area (Å²) in [6.07, 6.45) is 1.66. The van der Waals surface area contributed by atoms with Gasteiger partial charge in [0.1, 0.15) is 0 Å². The van der Waals surface area contributed by atoms with Gasteiger partial charge in [0.05, 0.1) is 5.41 Å². The number of carbonyl (C=O) groups is 1. The zero-order valence-electron chi connectivity index (χ0n) is 12.3. The molecular weight excluding hydrogens is 310 g/mol. The molecule has 1 aliphatic heterocycles. The molecule has 22 heavy (non-hydrogen) atoms. The summed E-state index contributed by atoms with van der Waals surface area (Å²) in [6.45, 7) is 1.57. The van der Waals surface area contributed by atoms with Crippen LogP contribution in [0, 0.1) is 11.3 Å². The number of nitrogens with one attached hydrogen (secondary N) is 2. The molecule has 1 aromatic carbocycles. The first-order valence-corrected chi connectivity index (χ1v) is 7.52. The zero-order valence-corrected chi connectivity index (χ0v) is 13.1. The highest BCUT2D eigenvalue weighted by atomic mass is 35.5. The lowest BCUT2D eigenvalue weighted by Crippen LogP contribution is -2.44. The molecule has 1 heterocycles. The van der Waals surface area contributed by atoms with Crippen molar-refractivity contribution in [3.05, 3.63) is 29.8 Å². The average Bonchev–Trinajstić information content (AvgIpc) is 2.92. The summed E-state index contributed by atoms with van der Waals surface area (Å²) in [5.41, 5.74) is 0.0393. The summed E-state index contributed by atoms with van der Waals surface area (Å²) in [5.74, 6) is 0.341. The smallest absolute Gasteiger partial charge is 0.263 e. The molecule has 2 fully saturated rings. The number of amides is 1. The van der Waals surface area contributed by atoms with Gasteiger partial charge in [-0.3, -0.25) is 4.79 Å². The van der Waals surface area contributed by atoms with E-state index in [0.29, 0.717) is 18.2 Å². The Hall–Kier alpha value is -1.20. The predicted molar refractivity (Wildman–Crippen MR) is 84.5 cm³/mol. The lowest BCUT2D eigenvalue weighted by atomic mass is 9.67. The van der Waals surface area contributed by atoms with Gasteiger partial charge in [-0.2, -0.15) is 0 Å². The minimum atomic E-state index is -2.52. The van der Waals surface area contributed by atoms with Crippen LogP contribution in [0.3, 0.4) is 0 Å². The number of anilines is 1. The van der Waals surface area contributed by atoms with E-state index in [4.69, 9.17) is 0 Å². The fraction of sp³-hybridized carbons (Fsp3) is 0.562. The van der Waals surface area contributed by atoms with Crippen molar-refractivity contribution >= 4 is 24.0 Å². The minimum Gasteiger partial charge on any atom is -0.326 e. The maximum absolute atomic E-state index is 12.7. The molecule has 6 heteroatoms. The lowest BCUT2D eigenvalue weighted by Gasteiger charge is -2.37. The lowest BCUT2D eigenvalue weighted by molar-refractivity contribution is -0.128. The van der Waals surface area contributed by atoms with E-state index in [9.17, 15) is 13.6 Å². The Balaban J connectivity index is 0.00000176. The van der Waals surface area contributed by atoms with E-state index in [-0.39, 0.29) is 29.3 Å². The van der Waals surface area contributed by atoms with Crippen molar-refractivity contribution < 1.29 is 13.6 Å². The largest absolute Gasteiger partial charge is 0.326 e. The zero-order chi connectivity index (χ0) is 14.9. The van der Waals surface area contributed by atoms with E-state index in [1.807, 2.05) is 0 Å². The van der Waals surface area contributed by atoms with Crippen molar-refractivity contribution in [1.29, 1.82) is 0 Å². The molecule has 2 N–H and O–H groups in total. The van der Waals surface area contributed by atoms with Gasteiger partial charge >= 0.3 is 0 Å². The van der Waals surface area contributed by atoms with Gasteiger partial charge in [-0.25, -0.2) is 8.78 Å². The highest BCUT2D eigenvalue weighted by Crippen LogP contribution is 2.44. The van der Waals surface area contributed by atoms with E-state index in [1.165, 1.54) is 18.6 Å². The van der Waals surface area contributed by atoms with Crippen molar-refractivity contribution in [2.24, 2.45) is 11.3 Å². The first-order chi connectivity index (χ1) is 10.1. The third kappa shape index (κ3) is 3.10. The van der Waals surface area contributed by atoms with Crippen molar-refractivity contribution in [2.75, 3.05) is 18.4 Å². The molecule has 0 spiro atoms. The number of rotatable bonds is 3. The maximum Gasteiger partial charge on any atom is 0.263 e. The second-order valence-corrected chi connectivity index (χ2v) is 6.11. The fourth-order valence-electron chi connectivity index (χ4n) is 3.70. The summed E-state index contributed by atoms with van der Waals surface area (Å²) in [4.78, 5) is 12.7. The molecule has 2 atom stereocenters. The number of alkyl halides is 2. The van der Waals surface area contributed by atoms with Crippen LogP contribution in [0.25, 0.3) is 0 Å². The SMILES string of the molecule is Cl.O=C(Nc1cccc(C(F)F)c1)[C@@]12CCCC[C@H]1CNC2. The first kappa shape index (κ1) is 17.2. The Kier molecular flexibility index (Phi) is 5.40. The number of benzene rings is 1. The molecule has 3 nitrogen and oxygen atoms in total.